The van der Waals surface area contributed by atoms with Gasteiger partial charge in [-0.2, -0.15) is 0 Å². The van der Waals surface area contributed by atoms with Crippen LogP contribution < -0.4 is 14.8 Å². The predicted molar refractivity (Wildman–Crippen MR) is 109 cm³/mol. The second kappa shape index (κ2) is 8.65. The molecule has 4 rings (SSSR count). The molecule has 2 aromatic rings. The van der Waals surface area contributed by atoms with Crippen molar-refractivity contribution in [1.82, 2.24) is 10.2 Å². The second-order valence-electron chi connectivity index (χ2n) is 7.56. The van der Waals surface area contributed by atoms with Gasteiger partial charge in [-0.15, -0.1) is 0 Å². The van der Waals surface area contributed by atoms with Gasteiger partial charge in [-0.3, -0.25) is 9.69 Å². The minimum Gasteiger partial charge on any atom is -0.486 e. The van der Waals surface area contributed by atoms with E-state index in [-0.39, 0.29) is 11.9 Å². The van der Waals surface area contributed by atoms with E-state index in [1.165, 1.54) is 16.7 Å². The maximum Gasteiger partial charge on any atom is 0.234 e. The van der Waals surface area contributed by atoms with Crippen LogP contribution in [0.2, 0.25) is 0 Å². The van der Waals surface area contributed by atoms with Gasteiger partial charge in [-0.1, -0.05) is 30.3 Å². The van der Waals surface area contributed by atoms with Crippen molar-refractivity contribution in [1.29, 1.82) is 0 Å². The summed E-state index contributed by atoms with van der Waals surface area (Å²) in [5, 5.41) is 3.08. The number of hydrogen-bond donors (Lipinski definition) is 1. The monoisotopic (exact) mass is 380 g/mol. The van der Waals surface area contributed by atoms with Crippen LogP contribution in [0.15, 0.2) is 42.5 Å². The van der Waals surface area contributed by atoms with Crippen molar-refractivity contribution in [2.24, 2.45) is 0 Å². The average molecular weight is 380 g/mol. The Hall–Kier alpha value is -2.53. The van der Waals surface area contributed by atoms with E-state index in [1.54, 1.807) is 0 Å². The number of ether oxygens (including phenoxy) is 2. The predicted octanol–water partition coefficient (Wildman–Crippen LogP) is 3.26. The van der Waals surface area contributed by atoms with E-state index in [4.69, 9.17) is 9.47 Å². The summed E-state index contributed by atoms with van der Waals surface area (Å²) in [5.41, 5.74) is 3.77. The standard InChI is InChI=1S/C23H28N2O3/c1-17-5-2-3-6-18(17)10-11-24-23(26)16-25-12-4-7-20(25)19-8-9-21-22(15-19)28-14-13-27-21/h2-3,5-6,8-9,15,20H,4,7,10-14,16H2,1H3,(H,24,26)/t20-/m1/s1. The number of nitrogens with one attached hydrogen (secondary N) is 1. The van der Waals surface area contributed by atoms with Gasteiger partial charge in [0.2, 0.25) is 5.91 Å². The van der Waals surface area contributed by atoms with Gasteiger partial charge in [0.15, 0.2) is 11.5 Å². The molecule has 0 aromatic heterocycles. The third kappa shape index (κ3) is 4.30. The fraction of sp³-hybridized carbons (Fsp3) is 0.435. The summed E-state index contributed by atoms with van der Waals surface area (Å²) in [5.74, 6) is 1.73. The van der Waals surface area contributed by atoms with Crippen molar-refractivity contribution in [3.05, 3.63) is 59.2 Å². The first-order valence-electron chi connectivity index (χ1n) is 10.2. The first-order valence-corrected chi connectivity index (χ1v) is 10.2. The number of carbonyl (C=O) groups excluding carboxylic acids is 1. The molecular formula is C23H28N2O3. The second-order valence-corrected chi connectivity index (χ2v) is 7.56. The lowest BCUT2D eigenvalue weighted by Gasteiger charge is -2.26. The quantitative estimate of drug-likeness (QED) is 0.836. The molecule has 2 heterocycles. The van der Waals surface area contributed by atoms with E-state index in [1.807, 2.05) is 18.2 Å². The third-order valence-electron chi connectivity index (χ3n) is 5.64. The van der Waals surface area contributed by atoms with Crippen molar-refractivity contribution in [2.45, 2.75) is 32.2 Å². The number of fused-ring (bicyclic) bond motifs is 1. The number of likely N-dealkylation sites (tertiary alicyclic amines) is 1. The average Bonchev–Trinajstić information content (AvgIpc) is 3.17. The molecule has 0 aliphatic carbocycles. The van der Waals surface area contributed by atoms with E-state index < -0.39 is 0 Å². The third-order valence-corrected chi connectivity index (χ3v) is 5.64. The lowest BCUT2D eigenvalue weighted by Crippen LogP contribution is -2.37. The minimum atomic E-state index is 0.0954. The van der Waals surface area contributed by atoms with Crippen molar-refractivity contribution in [3.8, 4) is 11.5 Å². The van der Waals surface area contributed by atoms with E-state index in [0.29, 0.717) is 26.3 Å². The zero-order valence-electron chi connectivity index (χ0n) is 16.4. The summed E-state index contributed by atoms with van der Waals surface area (Å²) in [4.78, 5) is 14.8. The summed E-state index contributed by atoms with van der Waals surface area (Å²) in [6, 6.07) is 14.8. The maximum atomic E-state index is 12.5. The summed E-state index contributed by atoms with van der Waals surface area (Å²) in [6.45, 7) is 5.36. The Labute approximate surface area is 166 Å². The SMILES string of the molecule is Cc1ccccc1CCNC(=O)CN1CCC[C@@H]1c1ccc2c(c1)OCCO2. The van der Waals surface area contributed by atoms with Gasteiger partial charge in [-0.05, 0) is 61.6 Å². The van der Waals surface area contributed by atoms with Gasteiger partial charge in [0.1, 0.15) is 13.2 Å². The van der Waals surface area contributed by atoms with Gasteiger partial charge in [0.25, 0.3) is 0 Å². The zero-order valence-corrected chi connectivity index (χ0v) is 16.4. The Balaban J connectivity index is 1.32. The molecular weight excluding hydrogens is 352 g/mol. The molecule has 1 amide bonds. The van der Waals surface area contributed by atoms with Crippen molar-refractivity contribution in [2.75, 3.05) is 32.8 Å². The van der Waals surface area contributed by atoms with Gasteiger partial charge in [0.05, 0.1) is 6.54 Å². The molecule has 0 saturated carbocycles. The molecule has 1 atom stereocenters. The number of rotatable bonds is 6. The Bertz CT molecular complexity index is 836. The summed E-state index contributed by atoms with van der Waals surface area (Å²) < 4.78 is 11.3. The molecule has 2 aliphatic heterocycles. The van der Waals surface area contributed by atoms with Crippen molar-refractivity contribution >= 4 is 5.91 Å². The highest BCUT2D eigenvalue weighted by molar-refractivity contribution is 5.78. The molecule has 0 radical (unpaired) electrons. The highest BCUT2D eigenvalue weighted by Gasteiger charge is 2.28. The highest BCUT2D eigenvalue weighted by atomic mass is 16.6. The van der Waals surface area contributed by atoms with Gasteiger partial charge < -0.3 is 14.8 Å². The Morgan fingerprint density at radius 1 is 1.14 bits per heavy atom. The largest absolute Gasteiger partial charge is 0.486 e. The van der Waals surface area contributed by atoms with Gasteiger partial charge >= 0.3 is 0 Å². The van der Waals surface area contributed by atoms with Gasteiger partial charge in [-0.25, -0.2) is 0 Å². The van der Waals surface area contributed by atoms with Crippen LogP contribution in [0.1, 0.15) is 35.6 Å². The Morgan fingerprint density at radius 2 is 1.96 bits per heavy atom. The number of amides is 1. The molecule has 2 aliphatic rings. The first-order chi connectivity index (χ1) is 13.7. The van der Waals surface area contributed by atoms with Crippen LogP contribution in [0.3, 0.4) is 0 Å². The molecule has 0 spiro atoms. The van der Waals surface area contributed by atoms with Crippen LogP contribution >= 0.6 is 0 Å². The van der Waals surface area contributed by atoms with Crippen molar-refractivity contribution < 1.29 is 14.3 Å². The lowest BCUT2D eigenvalue weighted by atomic mass is 10.0. The zero-order chi connectivity index (χ0) is 19.3. The van der Waals surface area contributed by atoms with Crippen LogP contribution in [-0.2, 0) is 11.2 Å². The van der Waals surface area contributed by atoms with E-state index in [9.17, 15) is 4.79 Å². The normalized spacial score (nSPS) is 18.8. The number of benzene rings is 2. The lowest BCUT2D eigenvalue weighted by molar-refractivity contribution is -0.122. The summed E-state index contributed by atoms with van der Waals surface area (Å²) >= 11 is 0. The summed E-state index contributed by atoms with van der Waals surface area (Å²) in [7, 11) is 0. The molecule has 2 aromatic carbocycles. The van der Waals surface area contributed by atoms with Crippen LogP contribution in [-0.4, -0.2) is 43.7 Å². The van der Waals surface area contributed by atoms with Crippen molar-refractivity contribution in [3.63, 3.8) is 0 Å². The Morgan fingerprint density at radius 3 is 2.82 bits per heavy atom. The molecule has 0 unspecified atom stereocenters. The van der Waals surface area contributed by atoms with E-state index in [2.05, 4.69) is 41.4 Å². The molecule has 1 N–H and O–H groups in total. The summed E-state index contributed by atoms with van der Waals surface area (Å²) in [6.07, 6.45) is 3.04. The topological polar surface area (TPSA) is 50.8 Å². The molecule has 148 valence electrons. The number of nitrogens with zero attached hydrogens (tertiary/aromatic N) is 1. The number of hydrogen-bond acceptors (Lipinski definition) is 4. The van der Waals surface area contributed by atoms with Crippen LogP contribution in [0.4, 0.5) is 0 Å². The first kappa shape index (κ1) is 18.8. The maximum absolute atomic E-state index is 12.5. The number of carbonyl (C=O) groups is 1. The molecule has 28 heavy (non-hydrogen) atoms. The minimum absolute atomic E-state index is 0.0954. The fourth-order valence-electron chi connectivity index (χ4n) is 4.13. The van der Waals surface area contributed by atoms with E-state index in [0.717, 1.165) is 37.3 Å². The molecule has 1 fully saturated rings. The fourth-order valence-corrected chi connectivity index (χ4v) is 4.13. The molecule has 1 saturated heterocycles. The van der Waals surface area contributed by atoms with Gasteiger partial charge in [0, 0.05) is 12.6 Å². The Kier molecular flexibility index (Phi) is 5.81. The smallest absolute Gasteiger partial charge is 0.234 e. The van der Waals surface area contributed by atoms with E-state index >= 15 is 0 Å². The van der Waals surface area contributed by atoms with Crippen LogP contribution in [0.5, 0.6) is 11.5 Å². The molecule has 5 nitrogen and oxygen atoms in total. The molecule has 0 bridgehead atoms. The van der Waals surface area contributed by atoms with Crippen LogP contribution in [0.25, 0.3) is 0 Å². The highest BCUT2D eigenvalue weighted by Crippen LogP contribution is 2.37. The van der Waals surface area contributed by atoms with Crippen LogP contribution in [0, 0.1) is 6.92 Å². The number of aryl methyl sites for hydroxylation is 1. The molecule has 5 heteroatoms.